The first-order valence-electron chi connectivity index (χ1n) is 8.17. The van der Waals surface area contributed by atoms with Gasteiger partial charge in [-0.1, -0.05) is 6.92 Å². The highest BCUT2D eigenvalue weighted by Crippen LogP contribution is 2.61. The number of rotatable bonds is 3. The van der Waals surface area contributed by atoms with E-state index >= 15 is 0 Å². The van der Waals surface area contributed by atoms with E-state index in [2.05, 4.69) is 6.07 Å². The topological polar surface area (TPSA) is 72.5 Å². The van der Waals surface area contributed by atoms with Crippen molar-refractivity contribution in [2.24, 2.45) is 0 Å². The van der Waals surface area contributed by atoms with Crippen LogP contribution in [-0.4, -0.2) is 22.8 Å². The van der Waals surface area contributed by atoms with Crippen LogP contribution in [-0.2, 0) is 14.3 Å². The van der Waals surface area contributed by atoms with E-state index < -0.39 is 22.8 Å². The van der Waals surface area contributed by atoms with Gasteiger partial charge < -0.3 is 13.9 Å². The molecule has 5 heteroatoms. The van der Waals surface area contributed by atoms with Crippen molar-refractivity contribution in [2.45, 2.75) is 70.7 Å². The fourth-order valence-electron chi connectivity index (χ4n) is 4.38. The lowest BCUT2D eigenvalue weighted by Gasteiger charge is -2.36. The molecule has 24 heavy (non-hydrogen) atoms. The maximum Gasteiger partial charge on any atom is 0.304 e. The first-order valence-corrected chi connectivity index (χ1v) is 8.17. The van der Waals surface area contributed by atoms with Crippen molar-refractivity contribution in [2.75, 3.05) is 0 Å². The highest BCUT2D eigenvalue weighted by atomic mass is 16.6. The number of esters is 1. The number of hydrogen-bond donors (Lipinski definition) is 0. The molecule has 1 saturated heterocycles. The summed E-state index contributed by atoms with van der Waals surface area (Å²) in [6.45, 7) is 11.1. The van der Waals surface area contributed by atoms with Gasteiger partial charge in [0.15, 0.2) is 0 Å². The maximum atomic E-state index is 11.6. The zero-order valence-electron chi connectivity index (χ0n) is 15.0. The van der Waals surface area contributed by atoms with Crippen molar-refractivity contribution in [3.05, 3.63) is 34.8 Å². The molecule has 0 N–H and O–H groups in total. The third kappa shape index (κ3) is 1.99. The number of carbonyl (C=O) groups is 1. The Hall–Kier alpha value is -2.06. The monoisotopic (exact) mass is 329 g/mol. The fourth-order valence-corrected chi connectivity index (χ4v) is 4.38. The van der Waals surface area contributed by atoms with E-state index in [-0.39, 0.29) is 5.92 Å². The third-order valence-electron chi connectivity index (χ3n) is 5.54. The van der Waals surface area contributed by atoms with Crippen LogP contribution in [0.4, 0.5) is 0 Å². The van der Waals surface area contributed by atoms with Crippen LogP contribution in [0.5, 0.6) is 0 Å². The molecular weight excluding hydrogens is 306 g/mol. The molecule has 0 spiro atoms. The zero-order chi connectivity index (χ0) is 17.9. The van der Waals surface area contributed by atoms with Gasteiger partial charge in [-0.15, -0.1) is 0 Å². The maximum absolute atomic E-state index is 11.6. The highest BCUT2D eigenvalue weighted by Gasteiger charge is 2.71. The van der Waals surface area contributed by atoms with Gasteiger partial charge in [-0.05, 0) is 51.0 Å². The number of nitrogens with zero attached hydrogens (tertiary/aromatic N) is 1. The largest absolute Gasteiger partial charge is 0.466 e. The van der Waals surface area contributed by atoms with Crippen LogP contribution in [0.1, 0.15) is 57.1 Å². The summed E-state index contributed by atoms with van der Waals surface area (Å²) in [5.74, 6) is 1.11. The number of aryl methyl sites for hydroxylation is 2. The number of carbonyl (C=O) groups excluding carboxylic acids is 1. The lowest BCUT2D eigenvalue weighted by molar-refractivity contribution is -0.161. The average Bonchev–Trinajstić information content (AvgIpc) is 3.03. The standard InChI is InChI=1S/C19H23NO4/c1-11-7-13(3)22-16(11)14(4)19-9-18(10-20,23-15(5)21)17(6,24-19)8-12(19)2/h7-8,14H,9H2,1-6H3/t14-,17-,18-,19-/m1/s1. The van der Waals surface area contributed by atoms with Gasteiger partial charge in [-0.3, -0.25) is 4.79 Å². The molecular formula is C19H23NO4. The van der Waals surface area contributed by atoms with Gasteiger partial charge in [0.25, 0.3) is 0 Å². The molecule has 0 unspecified atom stereocenters. The smallest absolute Gasteiger partial charge is 0.304 e. The summed E-state index contributed by atoms with van der Waals surface area (Å²) in [6.07, 6.45) is 2.22. The molecule has 0 amide bonds. The molecule has 5 nitrogen and oxygen atoms in total. The van der Waals surface area contributed by atoms with E-state index in [1.54, 1.807) is 0 Å². The number of furan rings is 1. The lowest BCUT2D eigenvalue weighted by Crippen LogP contribution is -2.50. The quantitative estimate of drug-likeness (QED) is 0.624. The fraction of sp³-hybridized carbons (Fsp3) is 0.579. The molecule has 2 bridgehead atoms. The van der Waals surface area contributed by atoms with Crippen LogP contribution in [0.25, 0.3) is 0 Å². The Morgan fingerprint density at radius 2 is 2.08 bits per heavy atom. The van der Waals surface area contributed by atoms with Gasteiger partial charge >= 0.3 is 5.97 Å². The Bertz CT molecular complexity index is 786. The first kappa shape index (κ1) is 16.8. The molecule has 0 radical (unpaired) electrons. The third-order valence-corrected chi connectivity index (χ3v) is 5.54. The second-order valence-corrected chi connectivity index (χ2v) is 7.26. The van der Waals surface area contributed by atoms with Crippen LogP contribution in [0.3, 0.4) is 0 Å². The molecule has 4 atom stereocenters. The molecule has 0 saturated carbocycles. The van der Waals surface area contributed by atoms with Gasteiger partial charge in [-0.25, -0.2) is 0 Å². The van der Waals surface area contributed by atoms with Gasteiger partial charge in [-0.2, -0.15) is 5.26 Å². The highest BCUT2D eigenvalue weighted by molar-refractivity contribution is 5.68. The summed E-state index contributed by atoms with van der Waals surface area (Å²) >= 11 is 0. The molecule has 1 fully saturated rings. The molecule has 2 aliphatic rings. The number of ether oxygens (including phenoxy) is 2. The van der Waals surface area contributed by atoms with Crippen LogP contribution < -0.4 is 0 Å². The summed E-state index contributed by atoms with van der Waals surface area (Å²) in [5.41, 5.74) is -0.886. The molecule has 1 aromatic heterocycles. The molecule has 1 aromatic rings. The number of hydrogen-bond acceptors (Lipinski definition) is 5. The van der Waals surface area contributed by atoms with E-state index in [1.165, 1.54) is 6.92 Å². The second kappa shape index (κ2) is 4.97. The first-order chi connectivity index (χ1) is 11.1. The predicted molar refractivity (Wildman–Crippen MR) is 87.3 cm³/mol. The van der Waals surface area contributed by atoms with Gasteiger partial charge in [0.05, 0.1) is 0 Å². The summed E-state index contributed by atoms with van der Waals surface area (Å²) in [6, 6.07) is 4.20. The van der Waals surface area contributed by atoms with E-state index in [9.17, 15) is 10.1 Å². The molecule has 128 valence electrons. The van der Waals surface area contributed by atoms with Crippen molar-refractivity contribution in [1.82, 2.24) is 0 Å². The summed E-state index contributed by atoms with van der Waals surface area (Å²) in [5, 5.41) is 9.80. The minimum absolute atomic E-state index is 0.102. The average molecular weight is 329 g/mol. The Labute approximate surface area is 142 Å². The number of fused-ring (bicyclic) bond motifs is 2. The molecule has 0 aliphatic carbocycles. The molecule has 3 heterocycles. The van der Waals surface area contributed by atoms with Crippen LogP contribution in [0.15, 0.2) is 22.1 Å². The summed E-state index contributed by atoms with van der Waals surface area (Å²) in [7, 11) is 0. The van der Waals surface area contributed by atoms with E-state index in [4.69, 9.17) is 13.9 Å². The van der Waals surface area contributed by atoms with Crippen molar-refractivity contribution < 1.29 is 18.7 Å². The lowest BCUT2D eigenvalue weighted by atomic mass is 9.68. The predicted octanol–water partition coefficient (Wildman–Crippen LogP) is 3.70. The Morgan fingerprint density at radius 1 is 1.42 bits per heavy atom. The summed E-state index contributed by atoms with van der Waals surface area (Å²) < 4.78 is 17.8. The van der Waals surface area contributed by atoms with Gasteiger partial charge in [0.2, 0.25) is 5.60 Å². The van der Waals surface area contributed by atoms with E-state index in [1.807, 2.05) is 46.8 Å². The molecule has 2 aliphatic heterocycles. The van der Waals surface area contributed by atoms with Crippen molar-refractivity contribution in [3.63, 3.8) is 0 Å². The van der Waals surface area contributed by atoms with Crippen LogP contribution >= 0.6 is 0 Å². The minimum atomic E-state index is -1.32. The minimum Gasteiger partial charge on any atom is -0.466 e. The van der Waals surface area contributed by atoms with Crippen molar-refractivity contribution >= 4 is 5.97 Å². The summed E-state index contributed by atoms with van der Waals surface area (Å²) in [4.78, 5) is 11.6. The number of nitriles is 1. The van der Waals surface area contributed by atoms with E-state index in [0.717, 1.165) is 22.7 Å². The van der Waals surface area contributed by atoms with Crippen LogP contribution in [0, 0.1) is 25.2 Å². The normalized spacial score (nSPS) is 35.5. The van der Waals surface area contributed by atoms with Crippen LogP contribution in [0.2, 0.25) is 0 Å². The Balaban J connectivity index is 2.09. The Kier molecular flexibility index (Phi) is 3.47. The van der Waals surface area contributed by atoms with Gasteiger partial charge in [0, 0.05) is 19.3 Å². The molecule has 0 aromatic carbocycles. The second-order valence-electron chi connectivity index (χ2n) is 7.26. The SMILES string of the molecule is CC(=O)O[C@@]1(C#N)C[C@@]2([C@H](C)c3oc(C)cc3C)O[C@]1(C)C=C2C. The Morgan fingerprint density at radius 3 is 2.58 bits per heavy atom. The molecule has 3 rings (SSSR count). The van der Waals surface area contributed by atoms with Crippen molar-refractivity contribution in [1.29, 1.82) is 5.26 Å². The van der Waals surface area contributed by atoms with Gasteiger partial charge in [0.1, 0.15) is 28.8 Å². The van der Waals surface area contributed by atoms with Crippen molar-refractivity contribution in [3.8, 4) is 6.07 Å². The van der Waals surface area contributed by atoms with E-state index in [0.29, 0.717) is 6.42 Å². The zero-order valence-corrected chi connectivity index (χ0v) is 15.0.